The van der Waals surface area contributed by atoms with Crippen molar-refractivity contribution in [2.45, 2.75) is 44.6 Å². The van der Waals surface area contributed by atoms with Gasteiger partial charge in [-0.15, -0.1) is 0 Å². The Morgan fingerprint density at radius 3 is 2.38 bits per heavy atom. The quantitative estimate of drug-likeness (QED) is 0.627. The van der Waals surface area contributed by atoms with Gasteiger partial charge in [0.1, 0.15) is 0 Å². The minimum absolute atomic E-state index is 0.107. The molecule has 0 spiro atoms. The Morgan fingerprint density at radius 2 is 1.72 bits per heavy atom. The lowest BCUT2D eigenvalue weighted by molar-refractivity contribution is 0.154. The third-order valence-electron chi connectivity index (χ3n) is 5.96. The van der Waals surface area contributed by atoms with E-state index in [-0.39, 0.29) is 30.1 Å². The molecule has 32 heavy (non-hydrogen) atoms. The number of sulfonamides is 1. The topological polar surface area (TPSA) is 91.4 Å². The molecule has 2 saturated heterocycles. The van der Waals surface area contributed by atoms with E-state index in [9.17, 15) is 13.2 Å². The van der Waals surface area contributed by atoms with Gasteiger partial charge in [0.05, 0.1) is 18.1 Å². The SMILES string of the molecule is CCOc1ccc(S(=O)(=O)N2CCN(C(=O)N[C@@H]3CCCN(CC)C3)CC2)cc1OCC. The Morgan fingerprint density at radius 1 is 1.03 bits per heavy atom. The maximum absolute atomic E-state index is 13.2. The number of nitrogens with zero attached hydrogens (tertiary/aromatic N) is 3. The minimum Gasteiger partial charge on any atom is -0.490 e. The van der Waals surface area contributed by atoms with Crippen molar-refractivity contribution in [3.63, 3.8) is 0 Å². The number of piperazine rings is 1. The van der Waals surface area contributed by atoms with Crippen LogP contribution >= 0.6 is 0 Å². The smallest absolute Gasteiger partial charge is 0.317 e. The fourth-order valence-electron chi connectivity index (χ4n) is 4.20. The molecule has 2 aliphatic heterocycles. The number of hydrogen-bond acceptors (Lipinski definition) is 6. The number of ether oxygens (including phenoxy) is 2. The fourth-order valence-corrected chi connectivity index (χ4v) is 5.64. The number of carbonyl (C=O) groups is 1. The number of rotatable bonds is 8. The summed E-state index contributed by atoms with van der Waals surface area (Å²) in [7, 11) is -3.69. The van der Waals surface area contributed by atoms with E-state index in [0.717, 1.165) is 32.5 Å². The number of carbonyl (C=O) groups excluding carboxylic acids is 1. The van der Waals surface area contributed by atoms with Gasteiger partial charge in [-0.2, -0.15) is 4.31 Å². The molecule has 3 rings (SSSR count). The van der Waals surface area contributed by atoms with Gasteiger partial charge in [0.25, 0.3) is 0 Å². The molecule has 0 aromatic heterocycles. The fraction of sp³-hybridized carbons (Fsp3) is 0.682. The van der Waals surface area contributed by atoms with Crippen LogP contribution in [0.3, 0.4) is 0 Å². The number of piperidine rings is 1. The van der Waals surface area contributed by atoms with Crippen LogP contribution in [0.5, 0.6) is 11.5 Å². The van der Waals surface area contributed by atoms with Crippen LogP contribution in [0.4, 0.5) is 4.79 Å². The predicted octanol–water partition coefficient (Wildman–Crippen LogP) is 1.98. The maximum Gasteiger partial charge on any atom is 0.317 e. The largest absolute Gasteiger partial charge is 0.490 e. The van der Waals surface area contributed by atoms with E-state index >= 15 is 0 Å². The van der Waals surface area contributed by atoms with Gasteiger partial charge in [-0.3, -0.25) is 0 Å². The summed E-state index contributed by atoms with van der Waals surface area (Å²) < 4.78 is 38.9. The molecule has 180 valence electrons. The van der Waals surface area contributed by atoms with Crippen LogP contribution in [0, 0.1) is 0 Å². The number of amides is 2. The van der Waals surface area contributed by atoms with Crippen molar-refractivity contribution in [3.8, 4) is 11.5 Å². The van der Waals surface area contributed by atoms with Crippen molar-refractivity contribution >= 4 is 16.1 Å². The van der Waals surface area contributed by atoms with E-state index in [1.165, 1.54) is 10.4 Å². The second-order valence-electron chi connectivity index (χ2n) is 8.05. The van der Waals surface area contributed by atoms with Gasteiger partial charge < -0.3 is 24.6 Å². The molecule has 2 fully saturated rings. The molecule has 0 saturated carbocycles. The van der Waals surface area contributed by atoms with E-state index in [2.05, 4.69) is 17.1 Å². The number of likely N-dealkylation sites (N-methyl/N-ethyl adjacent to an activating group) is 1. The standard InChI is InChI=1S/C22H36N4O5S/c1-4-24-11-7-8-18(17-24)23-22(27)25-12-14-26(15-13-25)32(28,29)19-9-10-20(30-5-2)21(16-19)31-6-3/h9-10,16,18H,4-8,11-15,17H2,1-3H3,(H,23,27)/t18-/m1/s1. The third-order valence-corrected chi connectivity index (χ3v) is 7.85. The number of hydrogen-bond donors (Lipinski definition) is 1. The molecule has 2 aliphatic rings. The number of urea groups is 1. The summed E-state index contributed by atoms with van der Waals surface area (Å²) in [6, 6.07) is 4.74. The van der Waals surface area contributed by atoms with Gasteiger partial charge in [0.15, 0.2) is 11.5 Å². The maximum atomic E-state index is 13.2. The van der Waals surface area contributed by atoms with Crippen LogP contribution in [0.15, 0.2) is 23.1 Å². The zero-order valence-electron chi connectivity index (χ0n) is 19.4. The van der Waals surface area contributed by atoms with Crippen molar-refractivity contribution < 1.29 is 22.7 Å². The first-order valence-electron chi connectivity index (χ1n) is 11.6. The molecule has 1 aromatic rings. The first kappa shape index (κ1) is 24.6. The lowest BCUT2D eigenvalue weighted by Gasteiger charge is -2.37. The molecule has 0 unspecified atom stereocenters. The second-order valence-corrected chi connectivity index (χ2v) is 9.99. The first-order valence-corrected chi connectivity index (χ1v) is 13.0. The van der Waals surface area contributed by atoms with E-state index in [0.29, 0.717) is 37.8 Å². The predicted molar refractivity (Wildman–Crippen MR) is 123 cm³/mol. The number of likely N-dealkylation sites (tertiary alicyclic amines) is 1. The van der Waals surface area contributed by atoms with Crippen molar-refractivity contribution in [2.24, 2.45) is 0 Å². The monoisotopic (exact) mass is 468 g/mol. The summed E-state index contributed by atoms with van der Waals surface area (Å²) in [5.41, 5.74) is 0. The molecule has 2 heterocycles. The van der Waals surface area contributed by atoms with Crippen molar-refractivity contribution in [3.05, 3.63) is 18.2 Å². The van der Waals surface area contributed by atoms with Crippen LogP contribution in [-0.4, -0.2) is 93.6 Å². The van der Waals surface area contributed by atoms with Crippen molar-refractivity contribution in [1.82, 2.24) is 19.4 Å². The van der Waals surface area contributed by atoms with Gasteiger partial charge in [0, 0.05) is 44.8 Å². The summed E-state index contributed by atoms with van der Waals surface area (Å²) in [4.78, 5) is 16.9. The van der Waals surface area contributed by atoms with Gasteiger partial charge in [-0.1, -0.05) is 6.92 Å². The summed E-state index contributed by atoms with van der Waals surface area (Å²) >= 11 is 0. The normalized spacial score (nSPS) is 20.7. The molecule has 2 amide bonds. The zero-order chi connectivity index (χ0) is 23.1. The van der Waals surface area contributed by atoms with Gasteiger partial charge in [-0.25, -0.2) is 13.2 Å². The number of benzene rings is 1. The zero-order valence-corrected chi connectivity index (χ0v) is 20.2. The lowest BCUT2D eigenvalue weighted by atomic mass is 10.1. The highest BCUT2D eigenvalue weighted by atomic mass is 32.2. The van der Waals surface area contributed by atoms with Crippen LogP contribution in [0.25, 0.3) is 0 Å². The Bertz CT molecular complexity index is 871. The molecular weight excluding hydrogens is 432 g/mol. The highest BCUT2D eigenvalue weighted by molar-refractivity contribution is 7.89. The summed E-state index contributed by atoms with van der Waals surface area (Å²) in [5.74, 6) is 0.946. The molecule has 1 aromatic carbocycles. The summed E-state index contributed by atoms with van der Waals surface area (Å²) in [6.45, 7) is 10.9. The van der Waals surface area contributed by atoms with Gasteiger partial charge in [-0.05, 0) is 51.9 Å². The van der Waals surface area contributed by atoms with E-state index < -0.39 is 10.0 Å². The highest BCUT2D eigenvalue weighted by Crippen LogP contribution is 2.31. The van der Waals surface area contributed by atoms with E-state index in [4.69, 9.17) is 9.47 Å². The summed E-state index contributed by atoms with van der Waals surface area (Å²) in [5, 5.41) is 3.12. The Labute approximate surface area is 191 Å². The Balaban J connectivity index is 1.60. The van der Waals surface area contributed by atoms with Crippen molar-refractivity contribution in [2.75, 3.05) is 59.0 Å². The van der Waals surface area contributed by atoms with Gasteiger partial charge in [0.2, 0.25) is 10.0 Å². The molecule has 0 aliphatic carbocycles. The molecule has 1 N–H and O–H groups in total. The molecule has 9 nitrogen and oxygen atoms in total. The van der Waals surface area contributed by atoms with E-state index in [1.807, 2.05) is 13.8 Å². The first-order chi connectivity index (χ1) is 15.4. The average molecular weight is 469 g/mol. The summed E-state index contributed by atoms with van der Waals surface area (Å²) in [6.07, 6.45) is 2.06. The van der Waals surface area contributed by atoms with E-state index in [1.54, 1.807) is 17.0 Å². The van der Waals surface area contributed by atoms with Crippen LogP contribution in [-0.2, 0) is 10.0 Å². The number of nitrogens with one attached hydrogen (secondary N) is 1. The Hall–Kier alpha value is -2.04. The van der Waals surface area contributed by atoms with Crippen LogP contribution in [0.1, 0.15) is 33.6 Å². The molecule has 0 radical (unpaired) electrons. The van der Waals surface area contributed by atoms with Crippen LogP contribution < -0.4 is 14.8 Å². The van der Waals surface area contributed by atoms with Gasteiger partial charge >= 0.3 is 6.03 Å². The third kappa shape index (κ3) is 5.85. The van der Waals surface area contributed by atoms with Crippen LogP contribution in [0.2, 0.25) is 0 Å². The lowest BCUT2D eigenvalue weighted by Crippen LogP contribution is -2.56. The molecular formula is C22H36N4O5S. The average Bonchev–Trinajstić information content (AvgIpc) is 2.80. The minimum atomic E-state index is -3.69. The molecule has 1 atom stereocenters. The molecule has 0 bridgehead atoms. The molecule has 10 heteroatoms. The van der Waals surface area contributed by atoms with Crippen molar-refractivity contribution in [1.29, 1.82) is 0 Å². The second kappa shape index (κ2) is 11.2. The highest BCUT2D eigenvalue weighted by Gasteiger charge is 2.32. The Kier molecular flexibility index (Phi) is 8.61.